The molecule has 1 amide bonds. The van der Waals surface area contributed by atoms with Crippen LogP contribution in [0.2, 0.25) is 0 Å². The quantitative estimate of drug-likeness (QED) is 0.690. The van der Waals surface area contributed by atoms with Crippen LogP contribution in [0.25, 0.3) is 11.0 Å². The minimum atomic E-state index is -0.438. The Labute approximate surface area is 157 Å². The van der Waals surface area contributed by atoms with Gasteiger partial charge in [-0.3, -0.25) is 9.59 Å². The van der Waals surface area contributed by atoms with Crippen molar-refractivity contribution in [3.63, 3.8) is 0 Å². The first-order valence-electron chi connectivity index (χ1n) is 8.73. The SMILES string of the molecule is CCOc1nc2cc(C)c(C)cc2nc1C(=O)Nc1cccc(C(C)=O)c1. The first-order valence-corrected chi connectivity index (χ1v) is 8.73. The average molecular weight is 363 g/mol. The molecule has 0 unspecified atom stereocenters. The minimum Gasteiger partial charge on any atom is -0.476 e. The third-order valence-electron chi connectivity index (χ3n) is 4.27. The van der Waals surface area contributed by atoms with Gasteiger partial charge in [0.05, 0.1) is 17.6 Å². The normalized spacial score (nSPS) is 10.7. The van der Waals surface area contributed by atoms with E-state index in [9.17, 15) is 9.59 Å². The van der Waals surface area contributed by atoms with Crippen molar-refractivity contribution >= 4 is 28.4 Å². The van der Waals surface area contributed by atoms with Gasteiger partial charge in [-0.1, -0.05) is 12.1 Å². The van der Waals surface area contributed by atoms with Crippen LogP contribution in [0.1, 0.15) is 45.8 Å². The summed E-state index contributed by atoms with van der Waals surface area (Å²) in [7, 11) is 0. The van der Waals surface area contributed by atoms with Crippen LogP contribution in [-0.4, -0.2) is 28.3 Å². The number of ether oxygens (including phenoxy) is 1. The van der Waals surface area contributed by atoms with Crippen molar-refractivity contribution < 1.29 is 14.3 Å². The molecule has 0 atom stereocenters. The zero-order valence-corrected chi connectivity index (χ0v) is 15.8. The molecule has 1 heterocycles. The van der Waals surface area contributed by atoms with E-state index in [2.05, 4.69) is 15.3 Å². The fourth-order valence-corrected chi connectivity index (χ4v) is 2.69. The van der Waals surface area contributed by atoms with E-state index in [0.29, 0.717) is 28.9 Å². The zero-order valence-electron chi connectivity index (χ0n) is 15.8. The lowest BCUT2D eigenvalue weighted by molar-refractivity contribution is 0.100. The Morgan fingerprint density at radius 1 is 1.04 bits per heavy atom. The maximum absolute atomic E-state index is 12.8. The Balaban J connectivity index is 2.02. The van der Waals surface area contributed by atoms with E-state index in [-0.39, 0.29) is 17.4 Å². The van der Waals surface area contributed by atoms with Gasteiger partial charge in [0, 0.05) is 11.3 Å². The molecule has 27 heavy (non-hydrogen) atoms. The number of fused-ring (bicyclic) bond motifs is 1. The van der Waals surface area contributed by atoms with Crippen LogP contribution in [0.5, 0.6) is 5.88 Å². The number of anilines is 1. The van der Waals surface area contributed by atoms with Gasteiger partial charge in [0.25, 0.3) is 5.91 Å². The fourth-order valence-electron chi connectivity index (χ4n) is 2.69. The number of nitrogens with one attached hydrogen (secondary N) is 1. The summed E-state index contributed by atoms with van der Waals surface area (Å²) in [6, 6.07) is 10.6. The smallest absolute Gasteiger partial charge is 0.279 e. The van der Waals surface area contributed by atoms with E-state index in [1.165, 1.54) is 6.92 Å². The maximum atomic E-state index is 12.8. The van der Waals surface area contributed by atoms with Crippen LogP contribution in [-0.2, 0) is 0 Å². The second-order valence-corrected chi connectivity index (χ2v) is 6.33. The average Bonchev–Trinajstić information content (AvgIpc) is 2.63. The number of benzene rings is 2. The maximum Gasteiger partial charge on any atom is 0.279 e. The molecule has 2 aromatic carbocycles. The number of hydrogen-bond acceptors (Lipinski definition) is 5. The van der Waals surface area contributed by atoms with Gasteiger partial charge in [0.2, 0.25) is 5.88 Å². The summed E-state index contributed by atoms with van der Waals surface area (Å²) in [4.78, 5) is 33.3. The molecule has 0 bridgehead atoms. The molecule has 0 aliphatic rings. The number of carbonyl (C=O) groups excluding carboxylic acids is 2. The third-order valence-corrected chi connectivity index (χ3v) is 4.27. The van der Waals surface area contributed by atoms with Gasteiger partial charge in [-0.2, -0.15) is 0 Å². The summed E-state index contributed by atoms with van der Waals surface area (Å²) in [5.41, 5.74) is 4.62. The van der Waals surface area contributed by atoms with Crippen molar-refractivity contribution in [3.8, 4) is 5.88 Å². The zero-order chi connectivity index (χ0) is 19.6. The summed E-state index contributed by atoms with van der Waals surface area (Å²) in [6.07, 6.45) is 0. The molecule has 6 nitrogen and oxygen atoms in total. The summed E-state index contributed by atoms with van der Waals surface area (Å²) in [6.45, 7) is 7.65. The van der Waals surface area contributed by atoms with Gasteiger partial charge in [-0.25, -0.2) is 9.97 Å². The number of amides is 1. The number of Topliss-reactive ketones (excluding diaryl/α,β-unsaturated/α-hetero) is 1. The van der Waals surface area contributed by atoms with E-state index in [0.717, 1.165) is 11.1 Å². The molecule has 0 aliphatic carbocycles. The molecule has 0 saturated carbocycles. The number of aryl methyl sites for hydroxylation is 2. The number of rotatable bonds is 5. The molecule has 138 valence electrons. The Morgan fingerprint density at radius 3 is 2.33 bits per heavy atom. The molecule has 1 N–H and O–H groups in total. The summed E-state index contributed by atoms with van der Waals surface area (Å²) < 4.78 is 5.55. The lowest BCUT2D eigenvalue weighted by Crippen LogP contribution is -2.17. The summed E-state index contributed by atoms with van der Waals surface area (Å²) >= 11 is 0. The Kier molecular flexibility index (Phi) is 5.16. The molecule has 0 saturated heterocycles. The lowest BCUT2D eigenvalue weighted by atomic mass is 10.1. The first-order chi connectivity index (χ1) is 12.9. The highest BCUT2D eigenvalue weighted by molar-refractivity contribution is 6.06. The molecule has 0 aliphatic heterocycles. The van der Waals surface area contributed by atoms with Gasteiger partial charge in [-0.05, 0) is 63.1 Å². The van der Waals surface area contributed by atoms with Crippen LogP contribution < -0.4 is 10.1 Å². The van der Waals surface area contributed by atoms with Crippen molar-refractivity contribution in [2.24, 2.45) is 0 Å². The Morgan fingerprint density at radius 2 is 1.70 bits per heavy atom. The monoisotopic (exact) mass is 363 g/mol. The van der Waals surface area contributed by atoms with Gasteiger partial charge in [0.1, 0.15) is 0 Å². The fraction of sp³-hybridized carbons (Fsp3) is 0.238. The molecule has 0 fully saturated rings. The van der Waals surface area contributed by atoms with Crippen molar-refractivity contribution in [1.29, 1.82) is 0 Å². The second kappa shape index (κ2) is 7.53. The topological polar surface area (TPSA) is 81.2 Å². The van der Waals surface area contributed by atoms with Crippen molar-refractivity contribution in [2.45, 2.75) is 27.7 Å². The van der Waals surface area contributed by atoms with E-state index in [1.807, 2.05) is 32.9 Å². The largest absolute Gasteiger partial charge is 0.476 e. The van der Waals surface area contributed by atoms with Gasteiger partial charge >= 0.3 is 0 Å². The summed E-state index contributed by atoms with van der Waals surface area (Å²) in [5, 5.41) is 2.77. The van der Waals surface area contributed by atoms with Gasteiger partial charge < -0.3 is 10.1 Å². The van der Waals surface area contributed by atoms with E-state index >= 15 is 0 Å². The van der Waals surface area contributed by atoms with E-state index in [1.54, 1.807) is 24.3 Å². The van der Waals surface area contributed by atoms with E-state index < -0.39 is 5.91 Å². The van der Waals surface area contributed by atoms with Crippen molar-refractivity contribution in [2.75, 3.05) is 11.9 Å². The van der Waals surface area contributed by atoms with Crippen molar-refractivity contribution in [3.05, 3.63) is 58.8 Å². The molecule has 3 aromatic rings. The third kappa shape index (κ3) is 3.95. The predicted octanol–water partition coefficient (Wildman–Crippen LogP) is 4.10. The van der Waals surface area contributed by atoms with Crippen LogP contribution in [0, 0.1) is 13.8 Å². The second-order valence-electron chi connectivity index (χ2n) is 6.33. The highest BCUT2D eigenvalue weighted by Crippen LogP contribution is 2.23. The van der Waals surface area contributed by atoms with Gasteiger partial charge in [0.15, 0.2) is 11.5 Å². The summed E-state index contributed by atoms with van der Waals surface area (Å²) in [5.74, 6) is -0.322. The van der Waals surface area contributed by atoms with E-state index in [4.69, 9.17) is 4.74 Å². The number of carbonyl (C=O) groups is 2. The number of nitrogens with zero attached hydrogens (tertiary/aromatic N) is 2. The lowest BCUT2D eigenvalue weighted by Gasteiger charge is -2.12. The molecule has 1 aromatic heterocycles. The van der Waals surface area contributed by atoms with Crippen LogP contribution in [0.15, 0.2) is 36.4 Å². The number of ketones is 1. The van der Waals surface area contributed by atoms with Crippen LogP contribution >= 0.6 is 0 Å². The molecule has 6 heteroatoms. The highest BCUT2D eigenvalue weighted by atomic mass is 16.5. The predicted molar refractivity (Wildman–Crippen MR) is 105 cm³/mol. The Bertz CT molecular complexity index is 1040. The van der Waals surface area contributed by atoms with Crippen molar-refractivity contribution in [1.82, 2.24) is 9.97 Å². The number of hydrogen-bond donors (Lipinski definition) is 1. The minimum absolute atomic E-state index is 0.0718. The molecular formula is C21H21N3O3. The highest BCUT2D eigenvalue weighted by Gasteiger charge is 2.19. The number of aromatic nitrogens is 2. The molecule has 0 radical (unpaired) electrons. The molecule has 3 rings (SSSR count). The van der Waals surface area contributed by atoms with Crippen LogP contribution in [0.4, 0.5) is 5.69 Å². The first kappa shape index (κ1) is 18.5. The standard InChI is InChI=1S/C21H21N3O3/c1-5-27-21-19(23-17-9-12(2)13(3)10-18(17)24-21)20(26)22-16-8-6-7-15(11-16)14(4)25/h6-11H,5H2,1-4H3,(H,22,26). The van der Waals surface area contributed by atoms with Crippen LogP contribution in [0.3, 0.4) is 0 Å². The van der Waals surface area contributed by atoms with Gasteiger partial charge in [-0.15, -0.1) is 0 Å². The molecule has 0 spiro atoms. The Hall–Kier alpha value is -3.28. The molecular weight excluding hydrogens is 342 g/mol.